The number of aryl methyl sites for hydroxylation is 1. The zero-order valence-electron chi connectivity index (χ0n) is 17.6. The van der Waals surface area contributed by atoms with Crippen molar-refractivity contribution in [2.24, 2.45) is 5.92 Å². The molecule has 2 aromatic carbocycles. The van der Waals surface area contributed by atoms with E-state index in [1.54, 1.807) is 41.3 Å². The van der Waals surface area contributed by atoms with Crippen LogP contribution in [0.15, 0.2) is 53.4 Å². The molecule has 0 bridgehead atoms. The van der Waals surface area contributed by atoms with Gasteiger partial charge >= 0.3 is 0 Å². The maximum absolute atomic E-state index is 13.3. The second kappa shape index (κ2) is 10.2. The van der Waals surface area contributed by atoms with Crippen LogP contribution in [0.4, 0.5) is 11.4 Å². The number of nitrogens with zero attached hydrogens (tertiary/aromatic N) is 3. The number of halogens is 1. The van der Waals surface area contributed by atoms with E-state index in [1.165, 1.54) is 6.39 Å². The lowest BCUT2D eigenvalue weighted by Crippen LogP contribution is -2.42. The molecular weight excluding hydrogens is 448 g/mol. The number of anilines is 2. The van der Waals surface area contributed by atoms with Crippen LogP contribution in [0.5, 0.6) is 0 Å². The van der Waals surface area contributed by atoms with Crippen LogP contribution in [0.3, 0.4) is 0 Å². The summed E-state index contributed by atoms with van der Waals surface area (Å²) in [5.74, 6) is 2.03. The van der Waals surface area contributed by atoms with Gasteiger partial charge in [-0.1, -0.05) is 16.8 Å². The first-order valence-corrected chi connectivity index (χ1v) is 11.9. The molecule has 1 aliphatic rings. The Bertz CT molecular complexity index is 1080. The van der Waals surface area contributed by atoms with Gasteiger partial charge in [-0.15, -0.1) is 0 Å². The SMILES string of the molecule is Cc1cc(N(CC(=O)Nc2ccc(-c3ncon3)cc2)C(=O)C2CCSCC2)ccc1Cl. The number of thioether (sulfide) groups is 1. The molecule has 1 aromatic heterocycles. The van der Waals surface area contributed by atoms with Gasteiger partial charge in [0.1, 0.15) is 6.54 Å². The largest absolute Gasteiger partial charge is 0.342 e. The Labute approximate surface area is 195 Å². The lowest BCUT2D eigenvalue weighted by Gasteiger charge is -2.29. The minimum absolute atomic E-state index is 0.0189. The molecule has 32 heavy (non-hydrogen) atoms. The first kappa shape index (κ1) is 22.4. The number of nitrogens with one attached hydrogen (secondary N) is 1. The van der Waals surface area contributed by atoms with Crippen LogP contribution in [0.2, 0.25) is 5.02 Å². The molecule has 1 aliphatic heterocycles. The van der Waals surface area contributed by atoms with Crippen molar-refractivity contribution in [2.45, 2.75) is 19.8 Å². The van der Waals surface area contributed by atoms with Gasteiger partial charge in [0, 0.05) is 27.9 Å². The maximum atomic E-state index is 13.3. The topological polar surface area (TPSA) is 88.3 Å². The normalized spacial score (nSPS) is 14.2. The minimum Gasteiger partial charge on any atom is -0.342 e. The van der Waals surface area contributed by atoms with E-state index >= 15 is 0 Å². The minimum atomic E-state index is -0.275. The van der Waals surface area contributed by atoms with Gasteiger partial charge in [0.25, 0.3) is 0 Å². The van der Waals surface area contributed by atoms with E-state index in [1.807, 2.05) is 24.8 Å². The van der Waals surface area contributed by atoms with Crippen molar-refractivity contribution >= 4 is 46.6 Å². The first-order chi connectivity index (χ1) is 15.5. The van der Waals surface area contributed by atoms with Gasteiger partial charge < -0.3 is 14.7 Å². The Kier molecular flexibility index (Phi) is 7.12. The third-order valence-corrected chi connectivity index (χ3v) is 6.85. The molecule has 2 amide bonds. The number of amides is 2. The van der Waals surface area contributed by atoms with Crippen molar-refractivity contribution in [1.29, 1.82) is 0 Å². The van der Waals surface area contributed by atoms with Crippen molar-refractivity contribution < 1.29 is 14.1 Å². The van der Waals surface area contributed by atoms with Crippen molar-refractivity contribution in [2.75, 3.05) is 28.3 Å². The third-order valence-electron chi connectivity index (χ3n) is 5.38. The maximum Gasteiger partial charge on any atom is 0.244 e. The summed E-state index contributed by atoms with van der Waals surface area (Å²) in [4.78, 5) is 31.8. The Balaban J connectivity index is 1.50. The smallest absolute Gasteiger partial charge is 0.244 e. The number of carbonyl (C=O) groups is 2. The fraction of sp³-hybridized carbons (Fsp3) is 0.304. The Morgan fingerprint density at radius 2 is 1.94 bits per heavy atom. The fourth-order valence-electron chi connectivity index (χ4n) is 3.60. The molecule has 0 unspecified atom stereocenters. The van der Waals surface area contributed by atoms with Gasteiger partial charge in [0.2, 0.25) is 24.0 Å². The zero-order chi connectivity index (χ0) is 22.5. The molecule has 2 heterocycles. The van der Waals surface area contributed by atoms with E-state index in [9.17, 15) is 9.59 Å². The summed E-state index contributed by atoms with van der Waals surface area (Å²) in [7, 11) is 0. The predicted octanol–water partition coefficient (Wildman–Crippen LogP) is 4.81. The molecule has 1 fully saturated rings. The van der Waals surface area contributed by atoms with Crippen LogP contribution in [0.25, 0.3) is 11.4 Å². The number of hydrogen-bond acceptors (Lipinski definition) is 6. The predicted molar refractivity (Wildman–Crippen MR) is 127 cm³/mol. The zero-order valence-corrected chi connectivity index (χ0v) is 19.2. The summed E-state index contributed by atoms with van der Waals surface area (Å²) in [5, 5.41) is 7.30. The standard InChI is InChI=1S/C23H23ClN4O3S/c1-15-12-19(6-7-20(15)24)28(23(30)17-8-10-32-11-9-17)13-21(29)26-18-4-2-16(3-5-18)22-25-14-31-27-22/h2-7,12,14,17H,8-11,13H2,1H3,(H,26,29). The highest BCUT2D eigenvalue weighted by Crippen LogP contribution is 2.29. The monoisotopic (exact) mass is 470 g/mol. The van der Waals surface area contributed by atoms with Gasteiger partial charge in [0.15, 0.2) is 0 Å². The van der Waals surface area contributed by atoms with Crippen LogP contribution in [-0.4, -0.2) is 40.0 Å². The highest BCUT2D eigenvalue weighted by atomic mass is 35.5. The molecule has 0 radical (unpaired) electrons. The van der Waals surface area contributed by atoms with Crippen LogP contribution >= 0.6 is 23.4 Å². The number of benzene rings is 2. The molecule has 0 saturated carbocycles. The van der Waals surface area contributed by atoms with Crippen molar-refractivity contribution in [3.63, 3.8) is 0 Å². The number of hydrogen-bond donors (Lipinski definition) is 1. The molecule has 0 atom stereocenters. The Hall–Kier alpha value is -2.84. The lowest BCUT2D eigenvalue weighted by atomic mass is 10.0. The van der Waals surface area contributed by atoms with Crippen molar-refractivity contribution in [3.05, 3.63) is 59.4 Å². The van der Waals surface area contributed by atoms with Crippen LogP contribution in [-0.2, 0) is 9.59 Å². The summed E-state index contributed by atoms with van der Waals surface area (Å²) < 4.78 is 4.76. The first-order valence-electron chi connectivity index (χ1n) is 10.3. The van der Waals surface area contributed by atoms with Gasteiger partial charge in [-0.3, -0.25) is 9.59 Å². The number of aromatic nitrogens is 2. The number of rotatable bonds is 6. The summed E-state index contributed by atoms with van der Waals surface area (Å²) >= 11 is 8.04. The van der Waals surface area contributed by atoms with Crippen LogP contribution in [0, 0.1) is 12.8 Å². The summed E-state index contributed by atoms with van der Waals surface area (Å²) in [5.41, 5.74) is 2.94. The fourth-order valence-corrected chi connectivity index (χ4v) is 4.83. The molecule has 166 valence electrons. The summed E-state index contributed by atoms with van der Waals surface area (Å²) in [6, 6.07) is 12.5. The molecule has 1 saturated heterocycles. The van der Waals surface area contributed by atoms with Gasteiger partial charge in [-0.2, -0.15) is 16.7 Å². The van der Waals surface area contributed by atoms with E-state index in [0.717, 1.165) is 35.5 Å². The van der Waals surface area contributed by atoms with Crippen LogP contribution < -0.4 is 10.2 Å². The van der Waals surface area contributed by atoms with E-state index < -0.39 is 0 Å². The molecular formula is C23H23ClN4O3S. The summed E-state index contributed by atoms with van der Waals surface area (Å²) in [6.07, 6.45) is 2.91. The molecule has 7 nitrogen and oxygen atoms in total. The highest BCUT2D eigenvalue weighted by molar-refractivity contribution is 7.99. The molecule has 0 spiro atoms. The average Bonchev–Trinajstić information content (AvgIpc) is 3.35. The van der Waals surface area contributed by atoms with Gasteiger partial charge in [-0.05, 0) is 79.3 Å². The highest BCUT2D eigenvalue weighted by Gasteiger charge is 2.28. The van der Waals surface area contributed by atoms with Crippen molar-refractivity contribution in [1.82, 2.24) is 10.1 Å². The molecule has 9 heteroatoms. The second-order valence-corrected chi connectivity index (χ2v) is 9.26. The van der Waals surface area contributed by atoms with E-state index in [4.69, 9.17) is 16.1 Å². The quantitative estimate of drug-likeness (QED) is 0.556. The second-order valence-electron chi connectivity index (χ2n) is 7.62. The Morgan fingerprint density at radius 3 is 2.59 bits per heavy atom. The van der Waals surface area contributed by atoms with Gasteiger partial charge in [-0.25, -0.2) is 0 Å². The number of carbonyl (C=O) groups excluding carboxylic acids is 2. The average molecular weight is 471 g/mol. The molecule has 1 N–H and O–H groups in total. The molecule has 3 aromatic rings. The lowest BCUT2D eigenvalue weighted by molar-refractivity contribution is -0.124. The molecule has 4 rings (SSSR count). The van der Waals surface area contributed by atoms with Gasteiger partial charge in [0.05, 0.1) is 0 Å². The third kappa shape index (κ3) is 5.31. The van der Waals surface area contributed by atoms with Crippen molar-refractivity contribution in [3.8, 4) is 11.4 Å². The summed E-state index contributed by atoms with van der Waals surface area (Å²) in [6.45, 7) is 1.81. The van der Waals surface area contributed by atoms with E-state index in [2.05, 4.69) is 15.5 Å². The van der Waals surface area contributed by atoms with E-state index in [-0.39, 0.29) is 24.3 Å². The van der Waals surface area contributed by atoms with Crippen LogP contribution in [0.1, 0.15) is 18.4 Å². The Morgan fingerprint density at radius 1 is 1.19 bits per heavy atom. The van der Waals surface area contributed by atoms with E-state index in [0.29, 0.717) is 22.2 Å². The molecule has 0 aliphatic carbocycles.